The van der Waals surface area contributed by atoms with Crippen LogP contribution in [0.2, 0.25) is 0 Å². The van der Waals surface area contributed by atoms with Gasteiger partial charge in [0.1, 0.15) is 0 Å². The Morgan fingerprint density at radius 3 is 2.79 bits per heavy atom. The second-order valence-corrected chi connectivity index (χ2v) is 8.05. The molecule has 2 saturated carbocycles. The van der Waals surface area contributed by atoms with Gasteiger partial charge in [-0.2, -0.15) is 0 Å². The van der Waals surface area contributed by atoms with Crippen LogP contribution in [0, 0.1) is 0 Å². The summed E-state index contributed by atoms with van der Waals surface area (Å²) in [6.45, 7) is 0.775. The van der Waals surface area contributed by atoms with Crippen molar-refractivity contribution in [1.29, 1.82) is 0 Å². The van der Waals surface area contributed by atoms with E-state index in [0.29, 0.717) is 23.5 Å². The van der Waals surface area contributed by atoms with Gasteiger partial charge in [-0.05, 0) is 38.6 Å². The predicted molar refractivity (Wildman–Crippen MR) is 77.1 cm³/mol. The molecule has 2 aliphatic rings. The lowest BCUT2D eigenvalue weighted by molar-refractivity contribution is 0.593. The molecule has 106 valence electrons. The van der Waals surface area contributed by atoms with Crippen molar-refractivity contribution in [2.75, 3.05) is 17.0 Å². The number of nitrogens with one attached hydrogen (secondary N) is 2. The van der Waals surface area contributed by atoms with E-state index in [4.69, 9.17) is 0 Å². The molecule has 0 aromatic carbocycles. The number of nitrogens with zero attached hydrogens (tertiary/aromatic N) is 1. The van der Waals surface area contributed by atoms with E-state index in [-0.39, 0.29) is 5.75 Å². The van der Waals surface area contributed by atoms with Crippen molar-refractivity contribution in [3.63, 3.8) is 0 Å². The van der Waals surface area contributed by atoms with Crippen LogP contribution in [0.5, 0.6) is 0 Å². The number of hydrogen-bond acceptors (Lipinski definition) is 5. The van der Waals surface area contributed by atoms with Crippen LogP contribution in [-0.4, -0.2) is 31.7 Å². The molecule has 2 aliphatic carbocycles. The summed E-state index contributed by atoms with van der Waals surface area (Å²) in [5.74, 6) is 0.725. The highest BCUT2D eigenvalue weighted by atomic mass is 32.2. The van der Waals surface area contributed by atoms with Gasteiger partial charge in [0.05, 0.1) is 11.4 Å². The topological polar surface area (TPSA) is 71.1 Å². The molecule has 3 rings (SSSR count). The quantitative estimate of drug-likeness (QED) is 0.720. The molecule has 2 fully saturated rings. The Labute approximate surface area is 117 Å². The lowest BCUT2D eigenvalue weighted by atomic mass is 10.3. The molecule has 19 heavy (non-hydrogen) atoms. The van der Waals surface area contributed by atoms with Gasteiger partial charge in [-0.15, -0.1) is 11.3 Å². The Hall–Kier alpha value is -0.660. The third kappa shape index (κ3) is 4.15. The average molecular weight is 301 g/mol. The van der Waals surface area contributed by atoms with Crippen molar-refractivity contribution in [3.8, 4) is 0 Å². The third-order valence-corrected chi connectivity index (χ3v) is 5.60. The van der Waals surface area contributed by atoms with Crippen LogP contribution >= 0.6 is 11.3 Å². The molecule has 0 unspecified atom stereocenters. The Bertz CT molecular complexity index is 533. The summed E-state index contributed by atoms with van der Waals surface area (Å²) in [5, 5.41) is 5.79. The van der Waals surface area contributed by atoms with Gasteiger partial charge in [0.2, 0.25) is 10.0 Å². The van der Waals surface area contributed by atoms with Crippen LogP contribution in [-0.2, 0) is 10.0 Å². The van der Waals surface area contributed by atoms with Gasteiger partial charge in [-0.3, -0.25) is 4.72 Å². The Morgan fingerprint density at radius 2 is 2.11 bits per heavy atom. The lowest BCUT2D eigenvalue weighted by Crippen LogP contribution is -2.23. The molecular weight excluding hydrogens is 282 g/mol. The summed E-state index contributed by atoms with van der Waals surface area (Å²) in [7, 11) is -3.25. The molecule has 0 spiro atoms. The second kappa shape index (κ2) is 5.38. The number of sulfonamides is 1. The largest absolute Gasteiger partial charge is 0.314 e. The summed E-state index contributed by atoms with van der Waals surface area (Å²) in [6, 6.07) is 0.635. The minimum absolute atomic E-state index is 0.158. The van der Waals surface area contributed by atoms with Gasteiger partial charge in [0.25, 0.3) is 0 Å². The average Bonchev–Trinajstić information content (AvgIpc) is 3.26. The fourth-order valence-corrected chi connectivity index (χ4v) is 4.09. The summed E-state index contributed by atoms with van der Waals surface area (Å²) >= 11 is 1.38. The Morgan fingerprint density at radius 1 is 1.32 bits per heavy atom. The van der Waals surface area contributed by atoms with Crippen molar-refractivity contribution in [3.05, 3.63) is 11.1 Å². The van der Waals surface area contributed by atoms with E-state index < -0.39 is 10.0 Å². The van der Waals surface area contributed by atoms with Crippen molar-refractivity contribution >= 4 is 26.5 Å². The van der Waals surface area contributed by atoms with E-state index in [1.807, 2.05) is 5.38 Å². The van der Waals surface area contributed by atoms with Crippen LogP contribution < -0.4 is 10.0 Å². The third-order valence-electron chi connectivity index (χ3n) is 3.36. The van der Waals surface area contributed by atoms with E-state index in [0.717, 1.165) is 12.2 Å². The molecule has 5 nitrogen and oxygen atoms in total. The molecule has 0 atom stereocenters. The van der Waals surface area contributed by atoms with Gasteiger partial charge in [-0.1, -0.05) is 0 Å². The highest BCUT2D eigenvalue weighted by Crippen LogP contribution is 2.40. The lowest BCUT2D eigenvalue weighted by Gasteiger charge is -2.05. The van der Waals surface area contributed by atoms with Crippen molar-refractivity contribution in [2.45, 2.75) is 44.1 Å². The molecule has 0 aliphatic heterocycles. The Balaban J connectivity index is 1.45. The van der Waals surface area contributed by atoms with Gasteiger partial charge < -0.3 is 5.32 Å². The molecule has 0 bridgehead atoms. The van der Waals surface area contributed by atoms with Crippen molar-refractivity contribution < 1.29 is 8.42 Å². The SMILES string of the molecule is O=S(=O)(CCCNC1CC1)Nc1nc(C2CC2)cs1. The minimum atomic E-state index is -3.25. The molecule has 1 aromatic heterocycles. The smallest absolute Gasteiger partial charge is 0.234 e. The first-order valence-corrected chi connectivity index (χ1v) is 9.35. The summed E-state index contributed by atoms with van der Waals surface area (Å²) in [4.78, 5) is 4.34. The zero-order chi connectivity index (χ0) is 13.3. The maximum Gasteiger partial charge on any atom is 0.234 e. The monoisotopic (exact) mass is 301 g/mol. The molecular formula is C12H19N3O2S2. The first kappa shape index (κ1) is 13.3. The standard InChI is InChI=1S/C12H19N3O2S2/c16-19(17,7-1-6-13-10-4-5-10)15-12-14-11(8-18-12)9-2-3-9/h8-10,13H,1-7H2,(H,14,15). The van der Waals surface area contributed by atoms with Crippen LogP contribution in [0.25, 0.3) is 0 Å². The van der Waals surface area contributed by atoms with Crippen LogP contribution in [0.1, 0.15) is 43.7 Å². The fraction of sp³-hybridized carbons (Fsp3) is 0.750. The van der Waals surface area contributed by atoms with E-state index in [9.17, 15) is 8.42 Å². The maximum absolute atomic E-state index is 11.9. The van der Waals surface area contributed by atoms with E-state index in [1.54, 1.807) is 0 Å². The normalized spacial score (nSPS) is 19.6. The van der Waals surface area contributed by atoms with Crippen molar-refractivity contribution in [1.82, 2.24) is 10.3 Å². The summed E-state index contributed by atoms with van der Waals surface area (Å²) in [6.07, 6.45) is 5.47. The molecule has 2 N–H and O–H groups in total. The Kier molecular flexibility index (Phi) is 3.77. The van der Waals surface area contributed by atoms with Crippen LogP contribution in [0.3, 0.4) is 0 Å². The molecule has 0 saturated heterocycles. The van der Waals surface area contributed by atoms with Gasteiger partial charge >= 0.3 is 0 Å². The number of aromatic nitrogens is 1. The van der Waals surface area contributed by atoms with E-state index >= 15 is 0 Å². The second-order valence-electron chi connectivity index (χ2n) is 5.35. The van der Waals surface area contributed by atoms with Gasteiger partial charge in [-0.25, -0.2) is 13.4 Å². The zero-order valence-electron chi connectivity index (χ0n) is 10.8. The van der Waals surface area contributed by atoms with Gasteiger partial charge in [0, 0.05) is 17.3 Å². The van der Waals surface area contributed by atoms with Crippen molar-refractivity contribution in [2.24, 2.45) is 0 Å². The first-order valence-electron chi connectivity index (χ1n) is 6.82. The molecule has 0 amide bonds. The highest BCUT2D eigenvalue weighted by molar-refractivity contribution is 7.92. The zero-order valence-corrected chi connectivity index (χ0v) is 12.4. The number of thiazole rings is 1. The number of rotatable bonds is 8. The van der Waals surface area contributed by atoms with Crippen LogP contribution in [0.15, 0.2) is 5.38 Å². The summed E-state index contributed by atoms with van der Waals surface area (Å²) < 4.78 is 26.3. The summed E-state index contributed by atoms with van der Waals surface area (Å²) in [5.41, 5.74) is 1.04. The maximum atomic E-state index is 11.9. The predicted octanol–water partition coefficient (Wildman–Crippen LogP) is 1.90. The highest BCUT2D eigenvalue weighted by Gasteiger charge is 2.26. The molecule has 0 radical (unpaired) electrons. The minimum Gasteiger partial charge on any atom is -0.314 e. The van der Waals surface area contributed by atoms with Crippen LogP contribution in [0.4, 0.5) is 5.13 Å². The van der Waals surface area contributed by atoms with E-state index in [2.05, 4.69) is 15.0 Å². The first-order chi connectivity index (χ1) is 9.12. The van der Waals surface area contributed by atoms with E-state index in [1.165, 1.54) is 37.0 Å². The molecule has 1 heterocycles. The fourth-order valence-electron chi connectivity index (χ4n) is 1.94. The molecule has 1 aromatic rings. The molecule has 7 heteroatoms. The number of anilines is 1. The number of hydrogen-bond donors (Lipinski definition) is 2. The van der Waals surface area contributed by atoms with Gasteiger partial charge in [0.15, 0.2) is 5.13 Å².